The molecule has 1 fully saturated rings. The van der Waals surface area contributed by atoms with Crippen molar-refractivity contribution >= 4 is 5.91 Å². The van der Waals surface area contributed by atoms with Crippen LogP contribution in [0.25, 0.3) is 0 Å². The molecule has 1 saturated carbocycles. The van der Waals surface area contributed by atoms with Crippen LogP contribution in [0.4, 0.5) is 0 Å². The number of nitrogens with zero attached hydrogens (tertiary/aromatic N) is 1. The second-order valence-corrected chi connectivity index (χ2v) is 4.97. The minimum Gasteiger partial charge on any atom is -0.466 e. The van der Waals surface area contributed by atoms with Gasteiger partial charge < -0.3 is 4.42 Å². The van der Waals surface area contributed by atoms with Crippen molar-refractivity contribution in [2.75, 3.05) is 7.11 Å². The zero-order chi connectivity index (χ0) is 13.3. The first-order valence-corrected chi connectivity index (χ1v) is 6.50. The lowest BCUT2D eigenvalue weighted by molar-refractivity contribution is -0.121. The van der Waals surface area contributed by atoms with E-state index in [9.17, 15) is 4.79 Å². The van der Waals surface area contributed by atoms with Crippen molar-refractivity contribution in [3.05, 3.63) is 22.6 Å². The Balaban J connectivity index is 2.28. The summed E-state index contributed by atoms with van der Waals surface area (Å²) < 4.78 is 5.52. The van der Waals surface area contributed by atoms with E-state index in [1.165, 1.54) is 17.9 Å². The van der Waals surface area contributed by atoms with Gasteiger partial charge in [0.1, 0.15) is 11.5 Å². The lowest BCUT2D eigenvalue weighted by Crippen LogP contribution is -2.38. The first-order valence-electron chi connectivity index (χ1n) is 6.50. The highest BCUT2D eigenvalue weighted by atomic mass is 16.7. The van der Waals surface area contributed by atoms with Gasteiger partial charge in [-0.25, -0.2) is 5.06 Å². The molecule has 0 atom stereocenters. The Labute approximate surface area is 108 Å². The number of amides is 1. The SMILES string of the molecule is CON(C(=O)c1c(C)oc(C)c1C)C1CCCC1. The summed E-state index contributed by atoms with van der Waals surface area (Å²) >= 11 is 0. The van der Waals surface area contributed by atoms with Gasteiger partial charge in [0.2, 0.25) is 0 Å². The maximum atomic E-state index is 12.6. The molecule has 1 amide bonds. The summed E-state index contributed by atoms with van der Waals surface area (Å²) in [5, 5.41) is 1.53. The molecule has 18 heavy (non-hydrogen) atoms. The highest BCUT2D eigenvalue weighted by molar-refractivity contribution is 5.96. The van der Waals surface area contributed by atoms with E-state index in [-0.39, 0.29) is 11.9 Å². The molecule has 0 spiro atoms. The van der Waals surface area contributed by atoms with Gasteiger partial charge >= 0.3 is 0 Å². The topological polar surface area (TPSA) is 42.7 Å². The Morgan fingerprint density at radius 3 is 2.28 bits per heavy atom. The normalized spacial score (nSPS) is 16.2. The molecule has 0 unspecified atom stereocenters. The van der Waals surface area contributed by atoms with Gasteiger partial charge in [-0.2, -0.15) is 0 Å². The van der Waals surface area contributed by atoms with Crippen LogP contribution >= 0.6 is 0 Å². The van der Waals surface area contributed by atoms with Crippen LogP contribution in [0.15, 0.2) is 4.42 Å². The number of carbonyl (C=O) groups excluding carboxylic acids is 1. The van der Waals surface area contributed by atoms with Gasteiger partial charge in [0, 0.05) is 5.56 Å². The van der Waals surface area contributed by atoms with Crippen LogP contribution in [-0.2, 0) is 4.84 Å². The predicted octanol–water partition coefficient (Wildman–Crippen LogP) is 3.15. The van der Waals surface area contributed by atoms with Gasteiger partial charge in [-0.1, -0.05) is 12.8 Å². The number of hydrogen-bond acceptors (Lipinski definition) is 3. The highest BCUT2D eigenvalue weighted by Crippen LogP contribution is 2.28. The fourth-order valence-electron chi connectivity index (χ4n) is 2.76. The number of rotatable bonds is 3. The van der Waals surface area contributed by atoms with Crippen molar-refractivity contribution in [1.29, 1.82) is 0 Å². The van der Waals surface area contributed by atoms with Crippen LogP contribution < -0.4 is 0 Å². The third-order valence-electron chi connectivity index (χ3n) is 3.83. The standard InChI is InChI=1S/C14H21NO3/c1-9-10(2)18-11(3)13(9)14(16)15(17-4)12-7-5-6-8-12/h12H,5-8H2,1-4H3. The molecule has 1 aromatic heterocycles. The van der Waals surface area contributed by atoms with Crippen LogP contribution in [-0.4, -0.2) is 24.1 Å². The number of furan rings is 1. The van der Waals surface area contributed by atoms with Gasteiger partial charge in [0.15, 0.2) is 0 Å². The van der Waals surface area contributed by atoms with E-state index in [2.05, 4.69) is 0 Å². The second-order valence-electron chi connectivity index (χ2n) is 4.97. The molecular weight excluding hydrogens is 230 g/mol. The molecule has 1 aliphatic rings. The minimum absolute atomic E-state index is 0.0729. The average molecular weight is 251 g/mol. The molecule has 0 saturated heterocycles. The summed E-state index contributed by atoms with van der Waals surface area (Å²) in [4.78, 5) is 17.9. The number of aryl methyl sites for hydroxylation is 2. The smallest absolute Gasteiger partial charge is 0.281 e. The molecule has 1 aromatic rings. The van der Waals surface area contributed by atoms with E-state index in [4.69, 9.17) is 9.25 Å². The predicted molar refractivity (Wildman–Crippen MR) is 68.4 cm³/mol. The summed E-state index contributed by atoms with van der Waals surface area (Å²) in [5.41, 5.74) is 1.57. The molecule has 0 radical (unpaired) electrons. The zero-order valence-electron chi connectivity index (χ0n) is 11.6. The minimum atomic E-state index is -0.0729. The van der Waals surface area contributed by atoms with Crippen molar-refractivity contribution in [2.45, 2.75) is 52.5 Å². The van der Waals surface area contributed by atoms with E-state index in [0.717, 1.165) is 24.2 Å². The van der Waals surface area contributed by atoms with Gasteiger partial charge in [0.05, 0.1) is 18.7 Å². The fraction of sp³-hybridized carbons (Fsp3) is 0.643. The van der Waals surface area contributed by atoms with E-state index in [1.807, 2.05) is 20.8 Å². The molecule has 0 aliphatic heterocycles. The van der Waals surface area contributed by atoms with Crippen LogP contribution in [0.1, 0.15) is 53.1 Å². The molecule has 2 rings (SSSR count). The third kappa shape index (κ3) is 2.17. The molecule has 0 aromatic carbocycles. The molecule has 1 aliphatic carbocycles. The molecule has 4 heteroatoms. The maximum Gasteiger partial charge on any atom is 0.281 e. The van der Waals surface area contributed by atoms with Gasteiger partial charge in [-0.3, -0.25) is 9.63 Å². The highest BCUT2D eigenvalue weighted by Gasteiger charge is 2.31. The monoisotopic (exact) mass is 251 g/mol. The largest absolute Gasteiger partial charge is 0.466 e. The fourth-order valence-corrected chi connectivity index (χ4v) is 2.76. The summed E-state index contributed by atoms with van der Waals surface area (Å²) in [6.07, 6.45) is 4.38. The molecule has 0 bridgehead atoms. The van der Waals surface area contributed by atoms with Crippen LogP contribution in [0.5, 0.6) is 0 Å². The zero-order valence-corrected chi connectivity index (χ0v) is 11.6. The number of carbonyl (C=O) groups is 1. The lowest BCUT2D eigenvalue weighted by Gasteiger charge is -2.26. The Bertz CT molecular complexity index is 444. The second kappa shape index (κ2) is 5.14. The first-order chi connectivity index (χ1) is 8.56. The lowest BCUT2D eigenvalue weighted by atomic mass is 10.1. The van der Waals surface area contributed by atoms with E-state index >= 15 is 0 Å². The van der Waals surface area contributed by atoms with E-state index in [1.54, 1.807) is 7.11 Å². The molecular formula is C14H21NO3. The van der Waals surface area contributed by atoms with Crippen molar-refractivity contribution in [2.24, 2.45) is 0 Å². The van der Waals surface area contributed by atoms with Crippen LogP contribution in [0.2, 0.25) is 0 Å². The summed E-state index contributed by atoms with van der Waals surface area (Å²) in [6, 6.07) is 0.205. The third-order valence-corrected chi connectivity index (χ3v) is 3.83. The number of hydrogen-bond donors (Lipinski definition) is 0. The van der Waals surface area contributed by atoms with E-state index in [0.29, 0.717) is 11.3 Å². The van der Waals surface area contributed by atoms with Crippen molar-refractivity contribution in [3.63, 3.8) is 0 Å². The Kier molecular flexibility index (Phi) is 3.76. The quantitative estimate of drug-likeness (QED) is 0.775. The van der Waals surface area contributed by atoms with Crippen molar-refractivity contribution in [3.8, 4) is 0 Å². The van der Waals surface area contributed by atoms with Crippen molar-refractivity contribution in [1.82, 2.24) is 5.06 Å². The van der Waals surface area contributed by atoms with Gasteiger partial charge in [-0.05, 0) is 33.6 Å². The first kappa shape index (κ1) is 13.1. The van der Waals surface area contributed by atoms with Crippen molar-refractivity contribution < 1.29 is 14.0 Å². The molecule has 0 N–H and O–H groups in total. The number of hydroxylamine groups is 2. The Morgan fingerprint density at radius 2 is 1.83 bits per heavy atom. The van der Waals surface area contributed by atoms with Crippen LogP contribution in [0.3, 0.4) is 0 Å². The van der Waals surface area contributed by atoms with Gasteiger partial charge in [-0.15, -0.1) is 0 Å². The molecule has 1 heterocycles. The maximum absolute atomic E-state index is 12.6. The summed E-state index contributed by atoms with van der Waals surface area (Å²) in [6.45, 7) is 5.63. The summed E-state index contributed by atoms with van der Waals surface area (Å²) in [5.74, 6) is 1.41. The van der Waals surface area contributed by atoms with Crippen LogP contribution in [0, 0.1) is 20.8 Å². The van der Waals surface area contributed by atoms with E-state index < -0.39 is 0 Å². The molecule has 100 valence electrons. The molecule has 4 nitrogen and oxygen atoms in total. The Hall–Kier alpha value is -1.29. The van der Waals surface area contributed by atoms with Gasteiger partial charge in [0.25, 0.3) is 5.91 Å². The average Bonchev–Trinajstić information content (AvgIpc) is 2.90. The summed E-state index contributed by atoms with van der Waals surface area (Å²) in [7, 11) is 1.56. The Morgan fingerprint density at radius 1 is 1.22 bits per heavy atom.